The van der Waals surface area contributed by atoms with Crippen molar-refractivity contribution in [1.29, 1.82) is 0 Å². The number of carbonyl (C=O) groups is 2. The van der Waals surface area contributed by atoms with Crippen LogP contribution in [0.1, 0.15) is 84.6 Å². The Hall–Kier alpha value is -2.53. The van der Waals surface area contributed by atoms with Gasteiger partial charge < -0.3 is 15.0 Å². The van der Waals surface area contributed by atoms with E-state index in [0.29, 0.717) is 35.7 Å². The maximum Gasteiger partial charge on any atom is 0.338 e. The van der Waals surface area contributed by atoms with Crippen LogP contribution in [0.5, 0.6) is 0 Å². The molecule has 0 saturated carbocycles. The number of nitrogens with one attached hydrogen (secondary N) is 1. The van der Waals surface area contributed by atoms with Crippen molar-refractivity contribution in [1.82, 2.24) is 5.32 Å². The fourth-order valence-corrected chi connectivity index (χ4v) is 4.59. The summed E-state index contributed by atoms with van der Waals surface area (Å²) < 4.78 is 5.02. The third-order valence-corrected chi connectivity index (χ3v) is 6.55. The number of benzene rings is 2. The van der Waals surface area contributed by atoms with E-state index in [2.05, 4.69) is 10.2 Å². The Bertz CT molecular complexity index is 918. The van der Waals surface area contributed by atoms with Crippen molar-refractivity contribution in [2.45, 2.75) is 64.7 Å². The van der Waals surface area contributed by atoms with Gasteiger partial charge in [0.2, 0.25) is 0 Å². The van der Waals surface area contributed by atoms with Crippen molar-refractivity contribution in [3.8, 4) is 0 Å². The highest BCUT2D eigenvalue weighted by Gasteiger charge is 2.17. The molecule has 1 heterocycles. The molecule has 1 saturated heterocycles. The Morgan fingerprint density at radius 3 is 2.15 bits per heavy atom. The van der Waals surface area contributed by atoms with Gasteiger partial charge in [-0.15, -0.1) is 0 Å². The average molecular weight is 485 g/mol. The maximum atomic E-state index is 13.1. The Morgan fingerprint density at radius 1 is 0.912 bits per heavy atom. The van der Waals surface area contributed by atoms with E-state index in [1.165, 1.54) is 38.5 Å². The lowest BCUT2D eigenvalue weighted by molar-refractivity contribution is 0.0526. The summed E-state index contributed by atoms with van der Waals surface area (Å²) in [5.41, 5.74) is 3.19. The number of hydrogen-bond acceptors (Lipinski definition) is 4. The van der Waals surface area contributed by atoms with Crippen LogP contribution in [-0.2, 0) is 11.2 Å². The quantitative estimate of drug-likeness (QED) is 0.460. The molecule has 184 valence electrons. The van der Waals surface area contributed by atoms with Gasteiger partial charge in [-0.3, -0.25) is 4.79 Å². The minimum absolute atomic E-state index is 0.102. The smallest absolute Gasteiger partial charge is 0.338 e. The summed E-state index contributed by atoms with van der Waals surface area (Å²) in [5, 5.41) is 3.63. The van der Waals surface area contributed by atoms with E-state index in [1.54, 1.807) is 25.1 Å². The first-order valence-corrected chi connectivity index (χ1v) is 13.0. The topological polar surface area (TPSA) is 58.6 Å². The molecule has 0 aromatic heterocycles. The lowest BCUT2D eigenvalue weighted by atomic mass is 10.1. The van der Waals surface area contributed by atoms with Crippen LogP contribution in [0.25, 0.3) is 0 Å². The van der Waals surface area contributed by atoms with Crippen LogP contribution in [0, 0.1) is 0 Å². The Kier molecular flexibility index (Phi) is 10.7. The minimum Gasteiger partial charge on any atom is -0.462 e. The third-order valence-electron chi connectivity index (χ3n) is 6.31. The van der Waals surface area contributed by atoms with E-state index < -0.39 is 0 Å². The van der Waals surface area contributed by atoms with E-state index in [9.17, 15) is 9.59 Å². The first kappa shape index (κ1) is 26.1. The molecule has 6 heteroatoms. The number of nitrogens with zero attached hydrogens (tertiary/aromatic N) is 1. The monoisotopic (exact) mass is 484 g/mol. The van der Waals surface area contributed by atoms with Gasteiger partial charge in [-0.25, -0.2) is 4.79 Å². The lowest BCUT2D eigenvalue weighted by Gasteiger charge is -2.27. The first-order valence-electron chi connectivity index (χ1n) is 12.7. The van der Waals surface area contributed by atoms with Crippen molar-refractivity contribution in [2.75, 3.05) is 31.1 Å². The van der Waals surface area contributed by atoms with Crippen LogP contribution in [0.15, 0.2) is 42.5 Å². The number of anilines is 1. The fraction of sp³-hybridized carbons (Fsp3) is 0.500. The van der Waals surface area contributed by atoms with Crippen molar-refractivity contribution < 1.29 is 14.3 Å². The molecule has 2 aromatic rings. The van der Waals surface area contributed by atoms with E-state index in [1.807, 2.05) is 24.3 Å². The molecule has 0 unspecified atom stereocenters. The molecule has 0 atom stereocenters. The standard InChI is InChI=1S/C28H37ClN2O3/c1-2-34-28(33)23-13-11-22(12-14-23)17-18-30-27(32)25-21-24(29)15-16-26(25)31-19-9-7-5-3-4-6-8-10-20-31/h11-16,21H,2-10,17-20H2,1H3,(H,30,32). The van der Waals surface area contributed by atoms with Gasteiger partial charge in [0.1, 0.15) is 0 Å². The molecular weight excluding hydrogens is 448 g/mol. The normalized spacial score (nSPS) is 15.3. The molecule has 1 N–H and O–H groups in total. The molecule has 1 aliphatic heterocycles. The largest absolute Gasteiger partial charge is 0.462 e. The molecule has 0 aliphatic carbocycles. The van der Waals surface area contributed by atoms with Gasteiger partial charge in [-0.2, -0.15) is 0 Å². The highest BCUT2D eigenvalue weighted by atomic mass is 35.5. The molecule has 3 rings (SSSR count). The lowest BCUT2D eigenvalue weighted by Crippen LogP contribution is -2.31. The molecule has 1 aliphatic rings. The van der Waals surface area contributed by atoms with Crippen molar-refractivity contribution >= 4 is 29.2 Å². The van der Waals surface area contributed by atoms with Crippen LogP contribution in [-0.4, -0.2) is 38.1 Å². The van der Waals surface area contributed by atoms with Crippen molar-refractivity contribution in [3.05, 3.63) is 64.2 Å². The maximum absolute atomic E-state index is 13.1. The molecular formula is C28H37ClN2O3. The van der Waals surface area contributed by atoms with E-state index in [0.717, 1.165) is 37.2 Å². The predicted octanol–water partition coefficient (Wildman–Crippen LogP) is 6.43. The highest BCUT2D eigenvalue weighted by Crippen LogP contribution is 2.26. The SMILES string of the molecule is CCOC(=O)c1ccc(CCNC(=O)c2cc(Cl)ccc2N2CCCCCCCCCC2)cc1. The van der Waals surface area contributed by atoms with Gasteiger partial charge in [-0.05, 0) is 62.1 Å². The Balaban J connectivity index is 1.62. The zero-order valence-corrected chi connectivity index (χ0v) is 21.0. The number of rotatable bonds is 7. The molecule has 1 fully saturated rings. The van der Waals surface area contributed by atoms with Crippen molar-refractivity contribution in [2.24, 2.45) is 0 Å². The molecule has 0 spiro atoms. The molecule has 34 heavy (non-hydrogen) atoms. The molecule has 0 radical (unpaired) electrons. The number of hydrogen-bond donors (Lipinski definition) is 1. The zero-order valence-electron chi connectivity index (χ0n) is 20.3. The number of carbonyl (C=O) groups excluding carboxylic acids is 2. The van der Waals surface area contributed by atoms with Gasteiger partial charge in [0.15, 0.2) is 0 Å². The Labute approximate surface area is 208 Å². The van der Waals surface area contributed by atoms with Gasteiger partial charge in [0.25, 0.3) is 5.91 Å². The second kappa shape index (κ2) is 14.0. The summed E-state index contributed by atoms with van der Waals surface area (Å²) in [6.07, 6.45) is 10.7. The van der Waals surface area contributed by atoms with E-state index in [-0.39, 0.29) is 11.9 Å². The van der Waals surface area contributed by atoms with Crippen LogP contribution >= 0.6 is 11.6 Å². The minimum atomic E-state index is -0.318. The van der Waals surface area contributed by atoms with Crippen molar-refractivity contribution in [3.63, 3.8) is 0 Å². The summed E-state index contributed by atoms with van der Waals surface area (Å²) >= 11 is 6.28. The van der Waals surface area contributed by atoms with E-state index >= 15 is 0 Å². The predicted molar refractivity (Wildman–Crippen MR) is 139 cm³/mol. The van der Waals surface area contributed by atoms with Gasteiger partial charge in [0, 0.05) is 30.3 Å². The number of esters is 1. The van der Waals surface area contributed by atoms with Crippen LogP contribution in [0.3, 0.4) is 0 Å². The second-order valence-electron chi connectivity index (χ2n) is 8.90. The molecule has 2 aromatic carbocycles. The van der Waals surface area contributed by atoms with Crippen LogP contribution in [0.2, 0.25) is 5.02 Å². The first-order chi connectivity index (χ1) is 16.6. The van der Waals surface area contributed by atoms with Gasteiger partial charge >= 0.3 is 5.97 Å². The zero-order chi connectivity index (χ0) is 24.2. The molecule has 1 amide bonds. The van der Waals surface area contributed by atoms with Crippen LogP contribution in [0.4, 0.5) is 5.69 Å². The molecule has 5 nitrogen and oxygen atoms in total. The molecule has 0 bridgehead atoms. The average Bonchev–Trinajstić information content (AvgIpc) is 2.90. The van der Waals surface area contributed by atoms with Gasteiger partial charge in [0.05, 0.1) is 17.7 Å². The summed E-state index contributed by atoms with van der Waals surface area (Å²) in [6, 6.07) is 13.0. The summed E-state index contributed by atoms with van der Waals surface area (Å²) in [6.45, 7) is 4.58. The van der Waals surface area contributed by atoms with E-state index in [4.69, 9.17) is 16.3 Å². The number of ether oxygens (including phenoxy) is 1. The second-order valence-corrected chi connectivity index (χ2v) is 9.34. The van der Waals surface area contributed by atoms with Gasteiger partial charge in [-0.1, -0.05) is 62.3 Å². The summed E-state index contributed by atoms with van der Waals surface area (Å²) in [7, 11) is 0. The van der Waals surface area contributed by atoms with Crippen LogP contribution < -0.4 is 10.2 Å². The highest BCUT2D eigenvalue weighted by molar-refractivity contribution is 6.31. The third kappa shape index (κ3) is 8.05. The summed E-state index contributed by atoms with van der Waals surface area (Å²) in [5.74, 6) is -0.419. The number of amides is 1. The number of halogens is 1. The Morgan fingerprint density at radius 2 is 1.53 bits per heavy atom. The summed E-state index contributed by atoms with van der Waals surface area (Å²) in [4.78, 5) is 27.3. The fourth-order valence-electron chi connectivity index (χ4n) is 4.42.